The van der Waals surface area contributed by atoms with Crippen LogP contribution < -0.4 is 0 Å². The summed E-state index contributed by atoms with van der Waals surface area (Å²) < 4.78 is 1.83. The number of ketones is 1. The summed E-state index contributed by atoms with van der Waals surface area (Å²) in [5.41, 5.74) is 6.10. The van der Waals surface area contributed by atoms with Gasteiger partial charge in [0.05, 0.1) is 5.69 Å². The number of aryl methyl sites for hydroxylation is 4. The molecule has 0 amide bonds. The first kappa shape index (κ1) is 13.5. The lowest BCUT2D eigenvalue weighted by atomic mass is 9.99. The van der Waals surface area contributed by atoms with Crippen molar-refractivity contribution < 1.29 is 4.79 Å². The van der Waals surface area contributed by atoms with Gasteiger partial charge in [-0.15, -0.1) is 0 Å². The van der Waals surface area contributed by atoms with Crippen LogP contribution in [0.15, 0.2) is 18.2 Å². The Labute approximate surface area is 114 Å². The third kappa shape index (κ3) is 2.75. The third-order valence-corrected chi connectivity index (χ3v) is 3.54. The normalized spacial score (nSPS) is 10.8. The lowest BCUT2D eigenvalue weighted by molar-refractivity contribution is 0.0992. The van der Waals surface area contributed by atoms with Crippen molar-refractivity contribution in [3.63, 3.8) is 0 Å². The van der Waals surface area contributed by atoms with Crippen molar-refractivity contribution in [2.75, 3.05) is 0 Å². The van der Waals surface area contributed by atoms with Crippen LogP contribution in [0, 0.1) is 27.7 Å². The molecule has 0 unspecified atom stereocenters. The van der Waals surface area contributed by atoms with E-state index in [9.17, 15) is 4.79 Å². The van der Waals surface area contributed by atoms with Crippen molar-refractivity contribution >= 4 is 5.78 Å². The van der Waals surface area contributed by atoms with Gasteiger partial charge in [-0.2, -0.15) is 5.10 Å². The smallest absolute Gasteiger partial charge is 0.167 e. The molecule has 1 heterocycles. The molecule has 3 heteroatoms. The van der Waals surface area contributed by atoms with Crippen LogP contribution in [-0.4, -0.2) is 15.6 Å². The van der Waals surface area contributed by atoms with Gasteiger partial charge in [0.2, 0.25) is 0 Å². The van der Waals surface area contributed by atoms with Crippen molar-refractivity contribution in [1.29, 1.82) is 0 Å². The Hall–Kier alpha value is -1.90. The van der Waals surface area contributed by atoms with Gasteiger partial charge in [0.1, 0.15) is 0 Å². The molecule has 0 aliphatic heterocycles. The van der Waals surface area contributed by atoms with Gasteiger partial charge in [0, 0.05) is 30.3 Å². The molecule has 0 bridgehead atoms. The molecule has 2 rings (SSSR count). The Morgan fingerprint density at radius 1 is 1.11 bits per heavy atom. The average molecular weight is 256 g/mol. The maximum atomic E-state index is 12.4. The minimum atomic E-state index is 0.158. The number of carbonyl (C=O) groups is 1. The van der Waals surface area contributed by atoms with E-state index in [2.05, 4.69) is 11.2 Å². The van der Waals surface area contributed by atoms with Crippen LogP contribution in [0.25, 0.3) is 0 Å². The highest BCUT2D eigenvalue weighted by atomic mass is 16.1. The first-order chi connectivity index (χ1) is 8.88. The molecule has 0 saturated heterocycles. The molecular formula is C16H20N2O. The molecule has 0 aliphatic rings. The Morgan fingerprint density at radius 3 is 2.16 bits per heavy atom. The molecule has 1 aromatic carbocycles. The van der Waals surface area contributed by atoms with E-state index in [0.717, 1.165) is 33.6 Å². The monoisotopic (exact) mass is 256 g/mol. The predicted molar refractivity (Wildman–Crippen MR) is 76.6 cm³/mol. The molecule has 19 heavy (non-hydrogen) atoms. The second kappa shape index (κ2) is 5.00. The zero-order valence-corrected chi connectivity index (χ0v) is 12.2. The van der Waals surface area contributed by atoms with Crippen LogP contribution in [-0.2, 0) is 13.5 Å². The number of hydrogen-bond donors (Lipinski definition) is 0. The van der Waals surface area contributed by atoms with Crippen LogP contribution in [0.2, 0.25) is 0 Å². The van der Waals surface area contributed by atoms with Crippen LogP contribution >= 0.6 is 0 Å². The van der Waals surface area contributed by atoms with E-state index in [0.29, 0.717) is 6.42 Å². The predicted octanol–water partition coefficient (Wildman–Crippen LogP) is 3.08. The number of hydrogen-bond acceptors (Lipinski definition) is 2. The zero-order chi connectivity index (χ0) is 14.2. The van der Waals surface area contributed by atoms with Crippen molar-refractivity contribution in [3.05, 3.63) is 51.8 Å². The number of aromatic nitrogens is 2. The Kier molecular flexibility index (Phi) is 3.56. The molecule has 2 aromatic rings. The quantitative estimate of drug-likeness (QED) is 0.791. The number of nitrogens with zero attached hydrogens (tertiary/aromatic N) is 2. The van der Waals surface area contributed by atoms with Crippen LogP contribution in [0.3, 0.4) is 0 Å². The van der Waals surface area contributed by atoms with Crippen LogP contribution in [0.1, 0.15) is 38.4 Å². The highest BCUT2D eigenvalue weighted by molar-refractivity contribution is 5.98. The molecule has 0 atom stereocenters. The molecule has 0 N–H and O–H groups in total. The second-order valence-corrected chi connectivity index (χ2v) is 5.25. The van der Waals surface area contributed by atoms with E-state index in [-0.39, 0.29) is 5.78 Å². The third-order valence-electron chi connectivity index (χ3n) is 3.54. The molecule has 1 aromatic heterocycles. The lowest BCUT2D eigenvalue weighted by Gasteiger charge is -2.05. The highest BCUT2D eigenvalue weighted by Crippen LogP contribution is 2.17. The van der Waals surface area contributed by atoms with Gasteiger partial charge in [0.15, 0.2) is 5.78 Å². The Bertz CT molecular complexity index is 618. The summed E-state index contributed by atoms with van der Waals surface area (Å²) in [5.74, 6) is 0.158. The summed E-state index contributed by atoms with van der Waals surface area (Å²) in [7, 11) is 1.91. The van der Waals surface area contributed by atoms with E-state index >= 15 is 0 Å². The Balaban J connectivity index is 2.30. The van der Waals surface area contributed by atoms with Gasteiger partial charge < -0.3 is 0 Å². The molecule has 0 spiro atoms. The summed E-state index contributed by atoms with van der Waals surface area (Å²) in [6.45, 7) is 8.00. The second-order valence-electron chi connectivity index (χ2n) is 5.25. The van der Waals surface area contributed by atoms with E-state index in [4.69, 9.17) is 0 Å². The van der Waals surface area contributed by atoms with Gasteiger partial charge in [-0.05, 0) is 39.8 Å². The van der Waals surface area contributed by atoms with E-state index in [1.807, 2.05) is 51.6 Å². The van der Waals surface area contributed by atoms with E-state index in [1.165, 1.54) is 0 Å². The van der Waals surface area contributed by atoms with Crippen molar-refractivity contribution in [2.45, 2.75) is 34.1 Å². The number of carbonyl (C=O) groups excluding carboxylic acids is 1. The largest absolute Gasteiger partial charge is 0.294 e. The maximum Gasteiger partial charge on any atom is 0.167 e. The molecule has 0 aliphatic carbocycles. The topological polar surface area (TPSA) is 34.9 Å². The molecule has 100 valence electrons. The molecule has 3 nitrogen and oxygen atoms in total. The van der Waals surface area contributed by atoms with Crippen molar-refractivity contribution in [1.82, 2.24) is 9.78 Å². The standard InChI is InChI=1S/C16H20N2O/c1-10-6-11(2)8-14(7-10)16(19)9-15-12(3)17-18(5)13(15)4/h6-8H,9H2,1-5H3. The van der Waals surface area contributed by atoms with Crippen molar-refractivity contribution in [3.8, 4) is 0 Å². The highest BCUT2D eigenvalue weighted by Gasteiger charge is 2.15. The lowest BCUT2D eigenvalue weighted by Crippen LogP contribution is -2.06. The van der Waals surface area contributed by atoms with Gasteiger partial charge in [0.25, 0.3) is 0 Å². The van der Waals surface area contributed by atoms with Crippen molar-refractivity contribution in [2.24, 2.45) is 7.05 Å². The summed E-state index contributed by atoms with van der Waals surface area (Å²) >= 11 is 0. The first-order valence-corrected chi connectivity index (χ1v) is 6.49. The minimum absolute atomic E-state index is 0.158. The fourth-order valence-corrected chi connectivity index (χ4v) is 2.47. The van der Waals surface area contributed by atoms with Gasteiger partial charge in [-0.3, -0.25) is 9.48 Å². The van der Waals surface area contributed by atoms with E-state index in [1.54, 1.807) is 0 Å². The maximum absolute atomic E-state index is 12.4. The molecule has 0 fully saturated rings. The fourth-order valence-electron chi connectivity index (χ4n) is 2.47. The SMILES string of the molecule is Cc1cc(C)cc(C(=O)Cc2c(C)nn(C)c2C)c1. The van der Waals surface area contributed by atoms with Crippen LogP contribution in [0.4, 0.5) is 0 Å². The summed E-state index contributed by atoms with van der Waals surface area (Å²) in [6.07, 6.45) is 0.425. The molecular weight excluding hydrogens is 236 g/mol. The first-order valence-electron chi connectivity index (χ1n) is 6.49. The zero-order valence-electron chi connectivity index (χ0n) is 12.2. The summed E-state index contributed by atoms with van der Waals surface area (Å²) in [5, 5.41) is 4.36. The van der Waals surface area contributed by atoms with Gasteiger partial charge >= 0.3 is 0 Å². The summed E-state index contributed by atoms with van der Waals surface area (Å²) in [4.78, 5) is 12.4. The summed E-state index contributed by atoms with van der Waals surface area (Å²) in [6, 6.07) is 5.99. The van der Waals surface area contributed by atoms with Gasteiger partial charge in [-0.1, -0.05) is 17.2 Å². The Morgan fingerprint density at radius 2 is 1.68 bits per heavy atom. The average Bonchev–Trinajstić information content (AvgIpc) is 2.54. The number of Topliss-reactive ketones (excluding diaryl/α,β-unsaturated/α-hetero) is 1. The molecule has 0 radical (unpaired) electrons. The van der Waals surface area contributed by atoms with E-state index < -0.39 is 0 Å². The number of benzene rings is 1. The van der Waals surface area contributed by atoms with Gasteiger partial charge in [-0.25, -0.2) is 0 Å². The number of rotatable bonds is 3. The molecule has 0 saturated carbocycles. The minimum Gasteiger partial charge on any atom is -0.294 e. The fraction of sp³-hybridized carbons (Fsp3) is 0.375. The van der Waals surface area contributed by atoms with Crippen LogP contribution in [0.5, 0.6) is 0 Å².